The first-order chi connectivity index (χ1) is 6.20. The summed E-state index contributed by atoms with van der Waals surface area (Å²) in [6.45, 7) is 10.2. The largest absolute Gasteiger partial charge is 0.315 e. The third kappa shape index (κ3) is 8.26. The molecule has 0 aliphatic heterocycles. The van der Waals surface area contributed by atoms with Crippen molar-refractivity contribution in [2.45, 2.75) is 46.1 Å². The van der Waals surface area contributed by atoms with Gasteiger partial charge in [-0.25, -0.2) is 0 Å². The maximum Gasteiger partial charge on any atom is 0.00390 e. The minimum atomic E-state index is 0.681. The van der Waals surface area contributed by atoms with Crippen LogP contribution < -0.4 is 5.32 Å². The smallest absolute Gasteiger partial charge is 0.00390 e. The first-order valence-corrected chi connectivity index (χ1v) is 5.62. The van der Waals surface area contributed by atoms with E-state index in [0.29, 0.717) is 6.04 Å². The summed E-state index contributed by atoms with van der Waals surface area (Å²) in [7, 11) is 2.21. The van der Waals surface area contributed by atoms with Crippen molar-refractivity contribution in [1.29, 1.82) is 0 Å². The summed E-state index contributed by atoms with van der Waals surface area (Å²) < 4.78 is 0. The summed E-state index contributed by atoms with van der Waals surface area (Å²) >= 11 is 0. The molecule has 0 amide bonds. The zero-order chi connectivity index (χ0) is 10.1. The van der Waals surface area contributed by atoms with Crippen molar-refractivity contribution < 1.29 is 0 Å². The molecule has 80 valence electrons. The van der Waals surface area contributed by atoms with Gasteiger partial charge in [0.15, 0.2) is 0 Å². The fraction of sp³-hybridized carbons (Fsp3) is 1.00. The number of nitrogens with one attached hydrogen (secondary N) is 1. The highest BCUT2D eigenvalue weighted by molar-refractivity contribution is 4.60. The molecule has 0 aliphatic rings. The SMILES string of the molecule is CCCN(C)CCCC(C)NCC. The molecule has 13 heavy (non-hydrogen) atoms. The first kappa shape index (κ1) is 12.9. The molecule has 0 saturated heterocycles. The zero-order valence-corrected chi connectivity index (χ0v) is 9.77. The monoisotopic (exact) mass is 186 g/mol. The van der Waals surface area contributed by atoms with Gasteiger partial charge in [0.1, 0.15) is 0 Å². The zero-order valence-electron chi connectivity index (χ0n) is 9.77. The van der Waals surface area contributed by atoms with Crippen LogP contribution in [0.25, 0.3) is 0 Å². The highest BCUT2D eigenvalue weighted by Gasteiger charge is 2.00. The van der Waals surface area contributed by atoms with E-state index in [1.807, 2.05) is 0 Å². The molecule has 1 unspecified atom stereocenters. The van der Waals surface area contributed by atoms with Gasteiger partial charge in [0.25, 0.3) is 0 Å². The Morgan fingerprint density at radius 1 is 1.23 bits per heavy atom. The van der Waals surface area contributed by atoms with Gasteiger partial charge in [-0.2, -0.15) is 0 Å². The predicted octanol–water partition coefficient (Wildman–Crippen LogP) is 2.11. The van der Waals surface area contributed by atoms with E-state index in [1.165, 1.54) is 32.4 Å². The Kier molecular flexibility index (Phi) is 8.46. The molecule has 0 spiro atoms. The topological polar surface area (TPSA) is 15.3 Å². The van der Waals surface area contributed by atoms with Gasteiger partial charge in [0.2, 0.25) is 0 Å². The van der Waals surface area contributed by atoms with Crippen LogP contribution in [0.4, 0.5) is 0 Å². The lowest BCUT2D eigenvalue weighted by Crippen LogP contribution is -2.27. The molecule has 0 saturated carbocycles. The summed E-state index contributed by atoms with van der Waals surface area (Å²) in [6.07, 6.45) is 3.87. The van der Waals surface area contributed by atoms with Crippen LogP contribution in [0.5, 0.6) is 0 Å². The third-order valence-electron chi connectivity index (χ3n) is 2.33. The molecule has 0 aromatic rings. The fourth-order valence-electron chi connectivity index (χ4n) is 1.61. The van der Waals surface area contributed by atoms with Crippen molar-refractivity contribution >= 4 is 0 Å². The van der Waals surface area contributed by atoms with Gasteiger partial charge in [0, 0.05) is 6.04 Å². The average Bonchev–Trinajstić information content (AvgIpc) is 2.05. The van der Waals surface area contributed by atoms with Crippen molar-refractivity contribution in [2.24, 2.45) is 0 Å². The standard InChI is InChI=1S/C11H26N2/c1-5-9-13(4)10-7-8-11(3)12-6-2/h11-12H,5-10H2,1-4H3. The quantitative estimate of drug-likeness (QED) is 0.624. The van der Waals surface area contributed by atoms with E-state index in [1.54, 1.807) is 0 Å². The highest BCUT2D eigenvalue weighted by Crippen LogP contribution is 1.98. The van der Waals surface area contributed by atoms with Gasteiger partial charge in [-0.05, 0) is 52.9 Å². The predicted molar refractivity (Wildman–Crippen MR) is 60.2 cm³/mol. The van der Waals surface area contributed by atoms with Gasteiger partial charge in [-0.1, -0.05) is 13.8 Å². The number of hydrogen-bond acceptors (Lipinski definition) is 2. The molecule has 1 atom stereocenters. The number of rotatable bonds is 8. The fourth-order valence-corrected chi connectivity index (χ4v) is 1.61. The summed E-state index contributed by atoms with van der Waals surface area (Å²) in [5, 5.41) is 3.43. The van der Waals surface area contributed by atoms with E-state index >= 15 is 0 Å². The molecular weight excluding hydrogens is 160 g/mol. The first-order valence-electron chi connectivity index (χ1n) is 5.62. The molecule has 0 aromatic carbocycles. The van der Waals surface area contributed by atoms with E-state index in [-0.39, 0.29) is 0 Å². The van der Waals surface area contributed by atoms with Crippen LogP contribution in [0.2, 0.25) is 0 Å². The minimum absolute atomic E-state index is 0.681. The molecule has 0 heterocycles. The van der Waals surface area contributed by atoms with Crippen LogP contribution in [-0.2, 0) is 0 Å². The van der Waals surface area contributed by atoms with Gasteiger partial charge in [-0.3, -0.25) is 0 Å². The summed E-state index contributed by atoms with van der Waals surface area (Å²) in [4.78, 5) is 2.42. The third-order valence-corrected chi connectivity index (χ3v) is 2.33. The summed E-state index contributed by atoms with van der Waals surface area (Å²) in [5.41, 5.74) is 0. The van der Waals surface area contributed by atoms with Crippen LogP contribution in [0.3, 0.4) is 0 Å². The van der Waals surface area contributed by atoms with Crippen LogP contribution >= 0.6 is 0 Å². The van der Waals surface area contributed by atoms with Crippen LogP contribution in [0, 0.1) is 0 Å². The normalized spacial score (nSPS) is 13.6. The summed E-state index contributed by atoms with van der Waals surface area (Å²) in [6, 6.07) is 0.681. The maximum absolute atomic E-state index is 3.43. The molecular formula is C11H26N2. The lowest BCUT2D eigenvalue weighted by molar-refractivity contribution is 0.318. The molecule has 0 fully saturated rings. The van der Waals surface area contributed by atoms with Crippen LogP contribution in [-0.4, -0.2) is 37.6 Å². The molecule has 0 aromatic heterocycles. The van der Waals surface area contributed by atoms with Crippen molar-refractivity contribution in [1.82, 2.24) is 10.2 Å². The van der Waals surface area contributed by atoms with Crippen LogP contribution in [0.1, 0.15) is 40.0 Å². The maximum atomic E-state index is 3.43. The van der Waals surface area contributed by atoms with Gasteiger partial charge in [0.05, 0.1) is 0 Å². The molecule has 0 aliphatic carbocycles. The Morgan fingerprint density at radius 3 is 2.46 bits per heavy atom. The van der Waals surface area contributed by atoms with E-state index in [9.17, 15) is 0 Å². The lowest BCUT2D eigenvalue weighted by atomic mass is 10.2. The second-order valence-electron chi connectivity index (χ2n) is 3.90. The Balaban J connectivity index is 3.23. The Labute approximate surface area is 83.7 Å². The van der Waals surface area contributed by atoms with Crippen LogP contribution in [0.15, 0.2) is 0 Å². The van der Waals surface area contributed by atoms with E-state index < -0.39 is 0 Å². The van der Waals surface area contributed by atoms with E-state index in [2.05, 4.69) is 38.0 Å². The van der Waals surface area contributed by atoms with Crippen molar-refractivity contribution in [3.63, 3.8) is 0 Å². The second kappa shape index (κ2) is 8.52. The summed E-state index contributed by atoms with van der Waals surface area (Å²) in [5.74, 6) is 0. The van der Waals surface area contributed by atoms with Crippen molar-refractivity contribution in [3.05, 3.63) is 0 Å². The molecule has 0 bridgehead atoms. The van der Waals surface area contributed by atoms with Gasteiger partial charge < -0.3 is 10.2 Å². The lowest BCUT2D eigenvalue weighted by Gasteiger charge is -2.17. The Bertz CT molecular complexity index is 92.3. The second-order valence-corrected chi connectivity index (χ2v) is 3.90. The average molecular weight is 186 g/mol. The van der Waals surface area contributed by atoms with Crippen molar-refractivity contribution in [2.75, 3.05) is 26.7 Å². The Hall–Kier alpha value is -0.0800. The highest BCUT2D eigenvalue weighted by atomic mass is 15.1. The number of nitrogens with zero attached hydrogens (tertiary/aromatic N) is 1. The molecule has 0 rings (SSSR count). The Morgan fingerprint density at radius 2 is 1.92 bits per heavy atom. The van der Waals surface area contributed by atoms with Crippen molar-refractivity contribution in [3.8, 4) is 0 Å². The van der Waals surface area contributed by atoms with E-state index in [0.717, 1.165) is 6.54 Å². The molecule has 2 nitrogen and oxygen atoms in total. The number of hydrogen-bond donors (Lipinski definition) is 1. The van der Waals surface area contributed by atoms with E-state index in [4.69, 9.17) is 0 Å². The van der Waals surface area contributed by atoms with Gasteiger partial charge >= 0.3 is 0 Å². The molecule has 2 heteroatoms. The van der Waals surface area contributed by atoms with Gasteiger partial charge in [-0.15, -0.1) is 0 Å². The molecule has 0 radical (unpaired) electrons. The molecule has 1 N–H and O–H groups in total. The minimum Gasteiger partial charge on any atom is -0.315 e.